The quantitative estimate of drug-likeness (QED) is 0.402. The smallest absolute Gasteiger partial charge is 0.216 e. The number of hydrogen-bond acceptors (Lipinski definition) is 0. The average Bonchev–Trinajstić information content (AvgIpc) is 1.80. The van der Waals surface area contributed by atoms with Crippen molar-refractivity contribution in [3.63, 3.8) is 0 Å². The van der Waals surface area contributed by atoms with Crippen LogP contribution in [0.3, 0.4) is 0 Å². The third-order valence-electron chi connectivity index (χ3n) is 0.881. The molecule has 4 heteroatoms. The second kappa shape index (κ2) is 3.39. The van der Waals surface area contributed by atoms with Crippen molar-refractivity contribution in [1.82, 2.24) is 0 Å². The molecule has 58 valence electrons. The van der Waals surface area contributed by atoms with E-state index in [9.17, 15) is 17.6 Å². The molecule has 0 rings (SSSR count). The van der Waals surface area contributed by atoms with Gasteiger partial charge >= 0.3 is 6.18 Å². The molecule has 0 nitrogen and oxygen atoms in total. The molecule has 0 atom stereocenters. The maximum absolute atomic E-state index is 11.6. The van der Waals surface area contributed by atoms with Crippen LogP contribution in [0.15, 0.2) is 24.1 Å². The zero-order valence-corrected chi connectivity index (χ0v) is 5.24. The monoisotopic (exact) mass is 154 g/mol. The normalized spacial score (nSPS) is 14.7. The Balaban J connectivity index is 4.39. The SMILES string of the molecule is C/C=C(\C=C\F)C(F)(F)F. The van der Waals surface area contributed by atoms with Gasteiger partial charge in [0.1, 0.15) is 0 Å². The molecule has 0 saturated heterocycles. The van der Waals surface area contributed by atoms with Gasteiger partial charge in [0.25, 0.3) is 0 Å². The number of allylic oxidation sites excluding steroid dienone is 3. The van der Waals surface area contributed by atoms with Gasteiger partial charge < -0.3 is 0 Å². The van der Waals surface area contributed by atoms with Crippen LogP contribution in [0.5, 0.6) is 0 Å². The van der Waals surface area contributed by atoms with E-state index in [1.165, 1.54) is 6.92 Å². The summed E-state index contributed by atoms with van der Waals surface area (Å²) in [6.07, 6.45) is -3.41. The van der Waals surface area contributed by atoms with Crippen LogP contribution in [0.25, 0.3) is 0 Å². The van der Waals surface area contributed by atoms with Crippen molar-refractivity contribution in [2.24, 2.45) is 0 Å². The first-order valence-corrected chi connectivity index (χ1v) is 2.52. The molecule has 0 aromatic heterocycles. The van der Waals surface area contributed by atoms with Crippen LogP contribution in [0.1, 0.15) is 6.92 Å². The second-order valence-electron chi connectivity index (χ2n) is 1.53. The number of alkyl halides is 3. The van der Waals surface area contributed by atoms with Crippen LogP contribution < -0.4 is 0 Å². The molecule has 0 heterocycles. The molecule has 0 aliphatic rings. The average molecular weight is 154 g/mol. The van der Waals surface area contributed by atoms with Crippen LogP contribution in [-0.2, 0) is 0 Å². The Hall–Kier alpha value is -0.800. The lowest BCUT2D eigenvalue weighted by molar-refractivity contribution is -0.0883. The standard InChI is InChI=1S/C6H6F4/c1-2-5(3-4-7)6(8,9)10/h2-4H,1H3/b4-3+,5-2+. The Bertz CT molecular complexity index is 152. The second-order valence-corrected chi connectivity index (χ2v) is 1.53. The summed E-state index contributed by atoms with van der Waals surface area (Å²) >= 11 is 0. The molecular weight excluding hydrogens is 148 g/mol. The lowest BCUT2D eigenvalue weighted by Gasteiger charge is -2.04. The first-order valence-electron chi connectivity index (χ1n) is 2.52. The van der Waals surface area contributed by atoms with E-state index in [4.69, 9.17) is 0 Å². The minimum Gasteiger partial charge on any atom is -0.216 e. The predicted molar refractivity (Wildman–Crippen MR) is 30.1 cm³/mol. The van der Waals surface area contributed by atoms with E-state index in [-0.39, 0.29) is 6.33 Å². The van der Waals surface area contributed by atoms with Crippen molar-refractivity contribution in [3.05, 3.63) is 24.1 Å². The van der Waals surface area contributed by atoms with E-state index in [0.717, 1.165) is 6.08 Å². The highest BCUT2D eigenvalue weighted by atomic mass is 19.4. The van der Waals surface area contributed by atoms with Crippen LogP contribution in [0, 0.1) is 0 Å². The van der Waals surface area contributed by atoms with Crippen molar-refractivity contribution >= 4 is 0 Å². The third-order valence-corrected chi connectivity index (χ3v) is 0.881. The molecule has 0 aliphatic heterocycles. The highest BCUT2D eigenvalue weighted by Crippen LogP contribution is 2.26. The Labute approximate surface area is 55.8 Å². The van der Waals surface area contributed by atoms with Gasteiger partial charge in [-0.15, -0.1) is 0 Å². The van der Waals surface area contributed by atoms with E-state index in [1.807, 2.05) is 0 Å². The molecule has 0 aromatic carbocycles. The van der Waals surface area contributed by atoms with Gasteiger partial charge in [0.05, 0.1) is 11.9 Å². The van der Waals surface area contributed by atoms with E-state index >= 15 is 0 Å². The van der Waals surface area contributed by atoms with E-state index in [1.54, 1.807) is 0 Å². The highest BCUT2D eigenvalue weighted by molar-refractivity contribution is 5.21. The van der Waals surface area contributed by atoms with Gasteiger partial charge in [-0.2, -0.15) is 13.2 Å². The Morgan fingerprint density at radius 3 is 1.90 bits per heavy atom. The summed E-state index contributed by atoms with van der Waals surface area (Å²) in [6, 6.07) is 0. The minimum atomic E-state index is -4.45. The molecule has 0 unspecified atom stereocenters. The molecule has 0 amide bonds. The summed E-state index contributed by atoms with van der Waals surface area (Å²) in [5, 5.41) is 0. The van der Waals surface area contributed by atoms with Crippen molar-refractivity contribution in [2.75, 3.05) is 0 Å². The number of rotatable bonds is 1. The van der Waals surface area contributed by atoms with Gasteiger partial charge in [-0.05, 0) is 13.0 Å². The molecule has 0 N–H and O–H groups in total. The molecule has 10 heavy (non-hydrogen) atoms. The molecule has 0 aliphatic carbocycles. The largest absolute Gasteiger partial charge is 0.416 e. The first-order chi connectivity index (χ1) is 4.52. The van der Waals surface area contributed by atoms with Crippen molar-refractivity contribution in [2.45, 2.75) is 13.1 Å². The summed E-state index contributed by atoms with van der Waals surface area (Å²) in [5.74, 6) is 0. The van der Waals surface area contributed by atoms with Gasteiger partial charge in [0.2, 0.25) is 0 Å². The van der Waals surface area contributed by atoms with Gasteiger partial charge in [-0.25, -0.2) is 4.39 Å². The summed E-state index contributed by atoms with van der Waals surface area (Å²) in [7, 11) is 0. The zero-order chi connectivity index (χ0) is 8.20. The summed E-state index contributed by atoms with van der Waals surface area (Å²) < 4.78 is 46.1. The van der Waals surface area contributed by atoms with Crippen LogP contribution >= 0.6 is 0 Å². The van der Waals surface area contributed by atoms with Gasteiger partial charge in [0, 0.05) is 0 Å². The van der Waals surface area contributed by atoms with E-state index < -0.39 is 11.7 Å². The summed E-state index contributed by atoms with van der Waals surface area (Å²) in [4.78, 5) is 0. The van der Waals surface area contributed by atoms with E-state index in [2.05, 4.69) is 0 Å². The van der Waals surface area contributed by atoms with E-state index in [0.29, 0.717) is 6.08 Å². The number of hydrogen-bond donors (Lipinski definition) is 0. The molecular formula is C6H6F4. The van der Waals surface area contributed by atoms with Crippen molar-refractivity contribution in [3.8, 4) is 0 Å². The fraction of sp³-hybridized carbons (Fsp3) is 0.333. The predicted octanol–water partition coefficient (Wildman–Crippen LogP) is 2.98. The van der Waals surface area contributed by atoms with Crippen LogP contribution in [0.4, 0.5) is 17.6 Å². The summed E-state index contributed by atoms with van der Waals surface area (Å²) in [5.41, 5.74) is -0.977. The Morgan fingerprint density at radius 1 is 1.30 bits per heavy atom. The van der Waals surface area contributed by atoms with Crippen molar-refractivity contribution in [1.29, 1.82) is 0 Å². The molecule has 0 saturated carbocycles. The lowest BCUT2D eigenvalue weighted by atomic mass is 10.2. The van der Waals surface area contributed by atoms with Gasteiger partial charge in [0.15, 0.2) is 0 Å². The number of halogens is 4. The Morgan fingerprint density at radius 2 is 1.80 bits per heavy atom. The lowest BCUT2D eigenvalue weighted by Crippen LogP contribution is -2.09. The maximum Gasteiger partial charge on any atom is 0.416 e. The van der Waals surface area contributed by atoms with Crippen LogP contribution in [-0.4, -0.2) is 6.18 Å². The molecule has 0 aromatic rings. The maximum atomic E-state index is 11.6. The molecule has 0 fully saturated rings. The fourth-order valence-electron chi connectivity index (χ4n) is 0.422. The first kappa shape index (κ1) is 9.20. The topological polar surface area (TPSA) is 0 Å². The Kier molecular flexibility index (Phi) is 3.12. The van der Waals surface area contributed by atoms with Crippen molar-refractivity contribution < 1.29 is 17.6 Å². The molecule has 0 radical (unpaired) electrons. The molecule has 0 spiro atoms. The minimum absolute atomic E-state index is 0.136. The highest BCUT2D eigenvalue weighted by Gasteiger charge is 2.30. The van der Waals surface area contributed by atoms with Gasteiger partial charge in [-0.1, -0.05) is 6.08 Å². The molecule has 0 bridgehead atoms. The summed E-state index contributed by atoms with van der Waals surface area (Å²) in [6.45, 7) is 1.20. The third kappa shape index (κ3) is 2.66. The van der Waals surface area contributed by atoms with Crippen LogP contribution in [0.2, 0.25) is 0 Å². The fourth-order valence-corrected chi connectivity index (χ4v) is 0.422. The van der Waals surface area contributed by atoms with Gasteiger partial charge in [-0.3, -0.25) is 0 Å². The zero-order valence-electron chi connectivity index (χ0n) is 5.24.